The molecule has 9 nitrogen and oxygen atoms in total. The van der Waals surface area contributed by atoms with E-state index in [4.69, 9.17) is 0 Å². The predicted molar refractivity (Wildman–Crippen MR) is 136 cm³/mol. The van der Waals surface area contributed by atoms with Crippen LogP contribution in [0.4, 0.5) is 27.5 Å². The van der Waals surface area contributed by atoms with Gasteiger partial charge >= 0.3 is 6.03 Å². The summed E-state index contributed by atoms with van der Waals surface area (Å²) in [6.45, 7) is 3.48. The minimum atomic E-state index is -0.492. The highest BCUT2D eigenvalue weighted by Gasteiger charge is 2.23. The number of carbonyl (C=O) groups excluding carboxylic acids is 2. The van der Waals surface area contributed by atoms with Crippen molar-refractivity contribution in [2.24, 2.45) is 0 Å². The number of urea groups is 1. The van der Waals surface area contributed by atoms with E-state index in [2.05, 4.69) is 20.9 Å². The maximum atomic E-state index is 13.1. The van der Waals surface area contributed by atoms with Crippen molar-refractivity contribution in [2.45, 2.75) is 25.8 Å². The predicted octanol–water partition coefficient (Wildman–Crippen LogP) is 5.33. The monoisotopic (exact) mass is 473 g/mol. The van der Waals surface area contributed by atoms with Crippen LogP contribution >= 0.6 is 0 Å². The molecule has 1 fully saturated rings. The van der Waals surface area contributed by atoms with Crippen LogP contribution < -0.4 is 20.9 Å². The first-order valence-electron chi connectivity index (χ1n) is 11.5. The van der Waals surface area contributed by atoms with Crippen LogP contribution in [0.1, 0.15) is 41.7 Å². The zero-order valence-corrected chi connectivity index (χ0v) is 19.4. The first kappa shape index (κ1) is 23.7. The first-order valence-corrected chi connectivity index (χ1v) is 11.5. The smallest absolute Gasteiger partial charge is 0.323 e. The SMILES string of the molecule is CC(NC(=O)c1cc([N+](=O)[O-])ccc1N1CCCC1)c1ccc(NC(=O)Nc2ccccc2)cc1. The quantitative estimate of drug-likeness (QED) is 0.317. The molecule has 0 saturated carbocycles. The van der Waals surface area contributed by atoms with Crippen molar-refractivity contribution >= 4 is 34.7 Å². The molecule has 1 unspecified atom stereocenters. The van der Waals surface area contributed by atoms with Crippen molar-refractivity contribution in [2.75, 3.05) is 28.6 Å². The highest BCUT2D eigenvalue weighted by Crippen LogP contribution is 2.29. The van der Waals surface area contributed by atoms with Crippen LogP contribution in [0.15, 0.2) is 72.8 Å². The Balaban J connectivity index is 1.42. The van der Waals surface area contributed by atoms with E-state index >= 15 is 0 Å². The second kappa shape index (κ2) is 10.7. The molecule has 3 aromatic rings. The van der Waals surface area contributed by atoms with Gasteiger partial charge in [-0.05, 0) is 55.7 Å². The van der Waals surface area contributed by atoms with Gasteiger partial charge < -0.3 is 20.9 Å². The molecule has 4 rings (SSSR count). The van der Waals surface area contributed by atoms with E-state index < -0.39 is 4.92 Å². The molecule has 35 heavy (non-hydrogen) atoms. The van der Waals surface area contributed by atoms with Crippen LogP contribution in [0, 0.1) is 10.1 Å². The fourth-order valence-corrected chi connectivity index (χ4v) is 4.08. The summed E-state index contributed by atoms with van der Waals surface area (Å²) < 4.78 is 0. The van der Waals surface area contributed by atoms with Crippen LogP contribution in [-0.2, 0) is 0 Å². The molecule has 3 N–H and O–H groups in total. The normalized spacial score (nSPS) is 13.7. The van der Waals surface area contributed by atoms with Crippen molar-refractivity contribution < 1.29 is 14.5 Å². The molecule has 1 atom stereocenters. The molecule has 0 radical (unpaired) electrons. The average molecular weight is 474 g/mol. The number of para-hydroxylation sites is 1. The van der Waals surface area contributed by atoms with Gasteiger partial charge in [0.2, 0.25) is 0 Å². The standard InChI is InChI=1S/C26H27N5O4/c1-18(19-9-11-21(12-10-19)29-26(33)28-20-7-3-2-4-8-20)27-25(32)23-17-22(31(34)35)13-14-24(23)30-15-5-6-16-30/h2-4,7-14,17-18H,5-6,15-16H2,1H3,(H,27,32)(H2,28,29,33). The van der Waals surface area contributed by atoms with E-state index in [1.165, 1.54) is 12.1 Å². The van der Waals surface area contributed by atoms with Gasteiger partial charge in [0.1, 0.15) is 0 Å². The number of non-ortho nitro benzene ring substituents is 1. The number of anilines is 3. The minimum Gasteiger partial charge on any atom is -0.371 e. The fourth-order valence-electron chi connectivity index (χ4n) is 4.08. The van der Waals surface area contributed by atoms with E-state index in [0.717, 1.165) is 31.5 Å². The molecule has 3 amide bonds. The van der Waals surface area contributed by atoms with Gasteiger partial charge in [-0.25, -0.2) is 4.79 Å². The second-order valence-electron chi connectivity index (χ2n) is 8.42. The lowest BCUT2D eigenvalue weighted by atomic mass is 10.1. The number of nitro benzene ring substituents is 1. The molecule has 1 aliphatic heterocycles. The summed E-state index contributed by atoms with van der Waals surface area (Å²) in [5, 5.41) is 19.8. The summed E-state index contributed by atoms with van der Waals surface area (Å²) in [5.41, 5.74) is 3.02. The average Bonchev–Trinajstić information content (AvgIpc) is 3.39. The fraction of sp³-hybridized carbons (Fsp3) is 0.231. The molecule has 1 saturated heterocycles. The van der Waals surface area contributed by atoms with Crippen LogP contribution in [-0.4, -0.2) is 30.0 Å². The number of benzene rings is 3. The highest BCUT2D eigenvalue weighted by atomic mass is 16.6. The number of rotatable bonds is 7. The third-order valence-corrected chi connectivity index (χ3v) is 5.93. The number of nitrogens with one attached hydrogen (secondary N) is 3. The van der Waals surface area contributed by atoms with Gasteiger partial charge in [-0.3, -0.25) is 14.9 Å². The Hall–Kier alpha value is -4.40. The third-order valence-electron chi connectivity index (χ3n) is 5.93. The van der Waals surface area contributed by atoms with Crippen molar-refractivity contribution in [3.8, 4) is 0 Å². The van der Waals surface area contributed by atoms with Gasteiger partial charge in [0.15, 0.2) is 0 Å². The lowest BCUT2D eigenvalue weighted by molar-refractivity contribution is -0.384. The lowest BCUT2D eigenvalue weighted by Gasteiger charge is -2.22. The summed E-state index contributed by atoms with van der Waals surface area (Å²) in [6.07, 6.45) is 2.05. The first-order chi connectivity index (χ1) is 16.9. The molecule has 1 heterocycles. The molecule has 0 aromatic heterocycles. The molecule has 180 valence electrons. The molecule has 0 spiro atoms. The summed E-state index contributed by atoms with van der Waals surface area (Å²) in [6, 6.07) is 20.0. The van der Waals surface area contributed by atoms with Crippen molar-refractivity contribution in [1.82, 2.24) is 5.32 Å². The molecular weight excluding hydrogens is 446 g/mol. The van der Waals surface area contributed by atoms with Gasteiger partial charge in [0, 0.05) is 36.6 Å². The van der Waals surface area contributed by atoms with Gasteiger partial charge in [-0.2, -0.15) is 0 Å². The van der Waals surface area contributed by atoms with Crippen LogP contribution in [0.3, 0.4) is 0 Å². The summed E-state index contributed by atoms with van der Waals surface area (Å²) in [4.78, 5) is 38.2. The molecule has 9 heteroatoms. The summed E-state index contributed by atoms with van der Waals surface area (Å²) >= 11 is 0. The van der Waals surface area contributed by atoms with Crippen LogP contribution in [0.2, 0.25) is 0 Å². The van der Waals surface area contributed by atoms with Gasteiger partial charge in [0.25, 0.3) is 11.6 Å². The maximum absolute atomic E-state index is 13.1. The molecular formula is C26H27N5O4. The Bertz CT molecular complexity index is 1210. The Morgan fingerprint density at radius 1 is 0.914 bits per heavy atom. The van der Waals surface area contributed by atoms with Gasteiger partial charge in [-0.1, -0.05) is 30.3 Å². The zero-order valence-electron chi connectivity index (χ0n) is 19.4. The molecule has 3 aromatic carbocycles. The number of nitrogens with zero attached hydrogens (tertiary/aromatic N) is 2. The largest absolute Gasteiger partial charge is 0.371 e. The van der Waals surface area contributed by atoms with Crippen LogP contribution in [0.5, 0.6) is 0 Å². The Morgan fingerprint density at radius 2 is 1.54 bits per heavy atom. The molecule has 0 bridgehead atoms. The Labute approximate surface area is 203 Å². The maximum Gasteiger partial charge on any atom is 0.323 e. The van der Waals surface area contributed by atoms with Crippen molar-refractivity contribution in [3.05, 3.63) is 94.0 Å². The number of hydrogen-bond acceptors (Lipinski definition) is 5. The zero-order chi connectivity index (χ0) is 24.8. The van der Waals surface area contributed by atoms with E-state index in [-0.39, 0.29) is 23.7 Å². The van der Waals surface area contributed by atoms with E-state index in [1.54, 1.807) is 30.3 Å². The molecule has 1 aliphatic rings. The van der Waals surface area contributed by atoms with E-state index in [9.17, 15) is 19.7 Å². The van der Waals surface area contributed by atoms with Crippen molar-refractivity contribution in [1.29, 1.82) is 0 Å². The van der Waals surface area contributed by atoms with E-state index in [0.29, 0.717) is 22.6 Å². The minimum absolute atomic E-state index is 0.116. The topological polar surface area (TPSA) is 117 Å². The van der Waals surface area contributed by atoms with Gasteiger partial charge in [-0.15, -0.1) is 0 Å². The number of hydrogen-bond donors (Lipinski definition) is 3. The number of carbonyl (C=O) groups is 2. The number of amides is 3. The lowest BCUT2D eigenvalue weighted by Crippen LogP contribution is -2.29. The Morgan fingerprint density at radius 3 is 2.17 bits per heavy atom. The van der Waals surface area contributed by atoms with Crippen LogP contribution in [0.25, 0.3) is 0 Å². The van der Waals surface area contributed by atoms with Crippen molar-refractivity contribution in [3.63, 3.8) is 0 Å². The number of nitro groups is 1. The van der Waals surface area contributed by atoms with Gasteiger partial charge in [0.05, 0.1) is 22.2 Å². The highest BCUT2D eigenvalue weighted by molar-refractivity contribution is 6.01. The Kier molecular flexibility index (Phi) is 7.25. The molecule has 0 aliphatic carbocycles. The summed E-state index contributed by atoms with van der Waals surface area (Å²) in [7, 11) is 0. The van der Waals surface area contributed by atoms with E-state index in [1.807, 2.05) is 37.3 Å². The second-order valence-corrected chi connectivity index (χ2v) is 8.42. The third kappa shape index (κ3) is 5.94. The summed E-state index contributed by atoms with van der Waals surface area (Å²) in [5.74, 6) is -0.368.